The number of unbranched alkanes of at least 4 members (excludes halogenated alkanes) is 1. The Kier molecular flexibility index (Phi) is 25.0. The van der Waals surface area contributed by atoms with Crippen molar-refractivity contribution >= 4 is 59.0 Å². The van der Waals surface area contributed by atoms with E-state index in [1.165, 1.54) is 5.06 Å². The average Bonchev–Trinajstić information content (AvgIpc) is 3.00. The van der Waals surface area contributed by atoms with Gasteiger partial charge in [-0.3, -0.25) is 57.9 Å². The molecule has 6 N–H and O–H groups in total. The number of carbonyl (C=O) groups excluding carboxylic acids is 6. The fourth-order valence-electron chi connectivity index (χ4n) is 11.1. The number of amides is 6. The normalized spacial score (nSPS) is 19.5. The molecule has 0 radical (unpaired) electrons. The molecule has 5 heterocycles. The molecule has 7 rings (SSSR count). The van der Waals surface area contributed by atoms with E-state index in [0.717, 1.165) is 33.6 Å². The van der Waals surface area contributed by atoms with Crippen LogP contribution in [-0.4, -0.2) is 224 Å². The number of hydrogen-bond acceptors (Lipinski definition) is 17. The van der Waals surface area contributed by atoms with Gasteiger partial charge in [-0.15, -0.1) is 5.10 Å². The number of alkyl halides is 2. The summed E-state index contributed by atoms with van der Waals surface area (Å²) in [5, 5.41) is 50.4. The molecular formula is C59H81ClF2N14O12. The van der Waals surface area contributed by atoms with Crippen LogP contribution in [0.5, 0.6) is 0 Å². The Labute approximate surface area is 515 Å². The van der Waals surface area contributed by atoms with E-state index in [2.05, 4.69) is 31.6 Å². The van der Waals surface area contributed by atoms with Crippen molar-refractivity contribution in [3.8, 4) is 6.07 Å². The van der Waals surface area contributed by atoms with Crippen molar-refractivity contribution in [2.45, 2.75) is 134 Å². The zero-order valence-electron chi connectivity index (χ0n) is 50.1. The van der Waals surface area contributed by atoms with Crippen LogP contribution in [0.1, 0.15) is 99.6 Å². The Balaban J connectivity index is 0.841. The van der Waals surface area contributed by atoms with Crippen molar-refractivity contribution in [1.82, 2.24) is 65.8 Å². The van der Waals surface area contributed by atoms with Gasteiger partial charge in [-0.1, -0.05) is 47.1 Å². The number of nitrogens with zero attached hydrogens (tertiary/aromatic N) is 10. The predicted octanol–water partition coefficient (Wildman–Crippen LogP) is 1.98. The van der Waals surface area contributed by atoms with Crippen LogP contribution in [0.15, 0.2) is 48.7 Å². The molecule has 1 aromatic heterocycles. The summed E-state index contributed by atoms with van der Waals surface area (Å²) < 4.78 is 35.9. The van der Waals surface area contributed by atoms with Gasteiger partial charge in [0.05, 0.1) is 50.6 Å². The molecule has 3 aromatic rings. The Morgan fingerprint density at radius 1 is 0.909 bits per heavy atom. The zero-order valence-corrected chi connectivity index (χ0v) is 50.9. The van der Waals surface area contributed by atoms with Crippen molar-refractivity contribution in [3.05, 3.63) is 81.6 Å². The maximum absolute atomic E-state index is 14.1. The van der Waals surface area contributed by atoms with Gasteiger partial charge in [-0.05, 0) is 93.2 Å². The van der Waals surface area contributed by atoms with Crippen LogP contribution in [0.25, 0.3) is 0 Å². The van der Waals surface area contributed by atoms with E-state index in [1.807, 2.05) is 61.2 Å². The number of hydroxylamine groups is 2. The van der Waals surface area contributed by atoms with Crippen LogP contribution in [-0.2, 0) is 80.6 Å². The average molecular weight is 1250 g/mol. The molecule has 88 heavy (non-hydrogen) atoms. The third-order valence-electron chi connectivity index (χ3n) is 16.0. The zero-order chi connectivity index (χ0) is 63.5. The van der Waals surface area contributed by atoms with E-state index >= 15 is 0 Å². The van der Waals surface area contributed by atoms with Crippen LogP contribution in [0, 0.1) is 17.2 Å². The highest BCUT2D eigenvalue weighted by atomic mass is 35.5. The molecule has 6 amide bonds. The van der Waals surface area contributed by atoms with Crippen molar-refractivity contribution in [3.63, 3.8) is 0 Å². The van der Waals surface area contributed by atoms with E-state index in [1.54, 1.807) is 38.7 Å². The topological polar surface area (TPSA) is 318 Å². The second-order valence-electron chi connectivity index (χ2n) is 23.6. The molecular weight excluding hydrogens is 1170 g/mol. The Bertz CT molecular complexity index is 2940. The summed E-state index contributed by atoms with van der Waals surface area (Å²) in [7, 11) is 1.69. The van der Waals surface area contributed by atoms with Crippen molar-refractivity contribution in [1.29, 1.82) is 5.26 Å². The molecule has 4 aliphatic rings. The number of fused-ring (bicyclic) bond motifs is 1. The van der Waals surface area contributed by atoms with Gasteiger partial charge < -0.3 is 46.0 Å². The minimum atomic E-state index is -3.20. The fourth-order valence-corrected chi connectivity index (χ4v) is 11.2. The maximum atomic E-state index is 14.1. The highest BCUT2D eigenvalue weighted by molar-refractivity contribution is 6.30. The first kappa shape index (κ1) is 68.2. The number of nitriles is 1. The minimum Gasteiger partial charge on any atom is -0.480 e. The maximum Gasteiger partial charge on any atom is 0.317 e. The quantitative estimate of drug-likeness (QED) is 0.0305. The molecule has 0 aliphatic carbocycles. The number of ether oxygens (including phenoxy) is 1. The van der Waals surface area contributed by atoms with E-state index in [-0.39, 0.29) is 77.1 Å². The lowest BCUT2D eigenvalue weighted by molar-refractivity contribution is -0.223. The summed E-state index contributed by atoms with van der Waals surface area (Å²) in [4.78, 5) is 117. The number of aromatic nitrogens is 3. The Morgan fingerprint density at radius 3 is 2.26 bits per heavy atom. The summed E-state index contributed by atoms with van der Waals surface area (Å²) in [6, 6.07) is 11.6. The van der Waals surface area contributed by atoms with Crippen molar-refractivity contribution in [2.75, 3.05) is 92.3 Å². The first-order valence-corrected chi connectivity index (χ1v) is 30.1. The second-order valence-corrected chi connectivity index (χ2v) is 24.1. The number of rotatable bonds is 31. The lowest BCUT2D eigenvalue weighted by Crippen LogP contribution is -2.51. The van der Waals surface area contributed by atoms with Gasteiger partial charge in [0.2, 0.25) is 35.4 Å². The number of halogens is 3. The number of carboxylic acid groups (broad SMARTS) is 2. The highest BCUT2D eigenvalue weighted by Gasteiger charge is 2.50. The van der Waals surface area contributed by atoms with Gasteiger partial charge in [-0.2, -0.15) is 10.3 Å². The number of aryl methyl sites for hydroxylation is 1. The smallest absolute Gasteiger partial charge is 0.317 e. The summed E-state index contributed by atoms with van der Waals surface area (Å²) in [5.41, 5.74) is 3.62. The summed E-state index contributed by atoms with van der Waals surface area (Å²) in [6.45, 7) is 5.89. The number of carboxylic acids is 2. The molecule has 4 atom stereocenters. The molecule has 3 saturated heterocycles. The lowest BCUT2D eigenvalue weighted by atomic mass is 9.99. The number of benzene rings is 2. The van der Waals surface area contributed by atoms with Crippen LogP contribution in [0.2, 0.25) is 5.02 Å². The number of hydrogen-bond donors (Lipinski definition) is 6. The second kappa shape index (κ2) is 32.3. The summed E-state index contributed by atoms with van der Waals surface area (Å²) >= 11 is 5.99. The molecule has 1 unspecified atom stereocenters. The Hall–Kier alpha value is -7.26. The minimum absolute atomic E-state index is 0.0453. The van der Waals surface area contributed by atoms with E-state index in [4.69, 9.17) is 21.2 Å². The van der Waals surface area contributed by atoms with Crippen molar-refractivity contribution in [2.24, 2.45) is 5.92 Å². The van der Waals surface area contributed by atoms with E-state index in [0.29, 0.717) is 102 Å². The first-order chi connectivity index (χ1) is 41.9. The van der Waals surface area contributed by atoms with Crippen LogP contribution in [0.3, 0.4) is 0 Å². The van der Waals surface area contributed by atoms with Crippen LogP contribution < -0.4 is 21.3 Å². The molecule has 0 saturated carbocycles. The van der Waals surface area contributed by atoms with Crippen LogP contribution in [0.4, 0.5) is 8.78 Å². The number of carbonyl (C=O) groups is 8. The van der Waals surface area contributed by atoms with Gasteiger partial charge >= 0.3 is 11.9 Å². The van der Waals surface area contributed by atoms with Gasteiger partial charge in [0, 0.05) is 103 Å². The Morgan fingerprint density at radius 2 is 1.59 bits per heavy atom. The molecule has 0 bridgehead atoms. The largest absolute Gasteiger partial charge is 0.480 e. The molecule has 26 nitrogen and oxygen atoms in total. The predicted molar refractivity (Wildman–Crippen MR) is 313 cm³/mol. The van der Waals surface area contributed by atoms with E-state index in [9.17, 15) is 62.6 Å². The highest BCUT2D eigenvalue weighted by Crippen LogP contribution is 2.34. The molecule has 4 aliphatic heterocycles. The number of likely N-dealkylation sites (tertiary alicyclic amines) is 1. The van der Waals surface area contributed by atoms with Crippen LogP contribution >= 0.6 is 11.6 Å². The molecule has 29 heteroatoms. The van der Waals surface area contributed by atoms with Gasteiger partial charge in [0.1, 0.15) is 37.2 Å². The summed E-state index contributed by atoms with van der Waals surface area (Å²) in [6.07, 6.45) is 4.20. The lowest BCUT2D eigenvalue weighted by Gasteiger charge is -2.28. The van der Waals surface area contributed by atoms with E-state index < -0.39 is 84.1 Å². The third kappa shape index (κ3) is 21.5. The van der Waals surface area contributed by atoms with Gasteiger partial charge in [0.15, 0.2) is 0 Å². The molecule has 0 spiro atoms. The number of aliphatic carboxylic acids is 2. The SMILES string of the molecule is CN(COC(C)(C)CCNC(=O)C(CCCCNC(=O)CCCc1ccc(Cl)cc1)NC(=O)CN1CCN(CC(=O)O)CCN(CC(=O)O)CC1)OCc1cn(Cc2cccc3c2CN(C(=O)C[C@@H]2C[C@@H](C(=O)N4CC(F)(F)C[C@H]4C#N)NC2=O)C3)nn1. The number of nitrogens with one attached hydrogen (secondary N) is 4. The summed E-state index contributed by atoms with van der Waals surface area (Å²) in [5.74, 6) is -8.58. The first-order valence-electron chi connectivity index (χ1n) is 29.7. The standard InChI is InChI=1S/C59H81ClF2N14O12/c1-58(2,17-19-65-56(85)48(11-4-5-18-64-50(77)12-6-8-40-13-15-44(60)16-14-40)66-51(78)34-71-20-22-72(35-53(80)81)24-25-73(23-21-71)36-54(82)83)87-39-70(3)88-37-45-32-75(69-68-45)31-42-10-7-9-41-30-74(33-47(41)42)52(79)27-43-26-49(67-55(43)84)57(86)76-38-59(61,62)28-46(76)29-63/h7,9-10,13-16,32,43,46,48-49H,4-6,8,11-12,17-28,30-31,33-39H2,1-3H3,(H,64,77)(H,65,85)(H,66,78)(H,67,84)(H,80,81)(H,82,83)/t43-,46-,48?,49-/m0/s1. The molecule has 480 valence electrons. The van der Waals surface area contributed by atoms with Gasteiger partial charge in [-0.25, -0.2) is 13.5 Å². The fraction of sp³-hybridized carbons (Fsp3) is 0.610. The molecule has 3 fully saturated rings. The monoisotopic (exact) mass is 1250 g/mol. The molecule has 2 aromatic carbocycles. The third-order valence-corrected chi connectivity index (χ3v) is 16.3. The van der Waals surface area contributed by atoms with Crippen molar-refractivity contribution < 1.29 is 66.9 Å². The van der Waals surface area contributed by atoms with Gasteiger partial charge in [0.25, 0.3) is 5.92 Å².